The van der Waals surface area contributed by atoms with Crippen molar-refractivity contribution in [1.82, 2.24) is 15.3 Å². The van der Waals surface area contributed by atoms with Crippen molar-refractivity contribution in [1.29, 1.82) is 0 Å². The van der Waals surface area contributed by atoms with E-state index in [0.29, 0.717) is 18.2 Å². The molecule has 1 aliphatic rings. The van der Waals surface area contributed by atoms with Crippen LogP contribution < -0.4 is 15.1 Å². The van der Waals surface area contributed by atoms with Crippen molar-refractivity contribution in [2.75, 3.05) is 42.5 Å². The number of carbonyl (C=O) groups excluding carboxylic acids is 1. The number of rotatable bonds is 6. The van der Waals surface area contributed by atoms with E-state index in [1.807, 2.05) is 36.5 Å². The van der Waals surface area contributed by atoms with Crippen LogP contribution in [0.2, 0.25) is 0 Å². The van der Waals surface area contributed by atoms with E-state index >= 15 is 0 Å². The van der Waals surface area contributed by atoms with Crippen LogP contribution in [0.5, 0.6) is 0 Å². The van der Waals surface area contributed by atoms with Crippen molar-refractivity contribution < 1.29 is 4.79 Å². The molecule has 1 N–H and O–H groups in total. The van der Waals surface area contributed by atoms with Gasteiger partial charge < -0.3 is 15.1 Å². The molecule has 0 unspecified atom stereocenters. The monoisotopic (exact) mass is 353 g/mol. The average molecular weight is 353 g/mol. The number of aromatic nitrogens is 2. The molecule has 26 heavy (non-hydrogen) atoms. The van der Waals surface area contributed by atoms with Crippen LogP contribution in [-0.4, -0.2) is 48.6 Å². The fourth-order valence-corrected chi connectivity index (χ4v) is 3.01. The summed E-state index contributed by atoms with van der Waals surface area (Å²) in [7, 11) is 0. The van der Waals surface area contributed by atoms with Gasteiger partial charge in [-0.2, -0.15) is 0 Å². The molecule has 1 amide bonds. The molecule has 2 aromatic rings. The normalized spacial score (nSPS) is 14.6. The molecule has 0 radical (unpaired) electrons. The van der Waals surface area contributed by atoms with Crippen LogP contribution in [0.1, 0.15) is 30.8 Å². The highest BCUT2D eigenvalue weighted by molar-refractivity contribution is 5.92. The molecule has 1 fully saturated rings. The maximum absolute atomic E-state index is 12.1. The third-order valence-electron chi connectivity index (χ3n) is 4.61. The van der Waals surface area contributed by atoms with Crippen molar-refractivity contribution >= 4 is 17.4 Å². The lowest BCUT2D eigenvalue weighted by Gasteiger charge is -2.36. The van der Waals surface area contributed by atoms with Crippen LogP contribution in [0.3, 0.4) is 0 Å². The van der Waals surface area contributed by atoms with Gasteiger partial charge in [-0.1, -0.05) is 19.9 Å². The molecule has 2 aromatic heterocycles. The van der Waals surface area contributed by atoms with Crippen molar-refractivity contribution in [2.24, 2.45) is 5.92 Å². The number of nitrogens with one attached hydrogen (secondary N) is 1. The number of piperazine rings is 1. The molecule has 138 valence electrons. The Morgan fingerprint density at radius 3 is 2.46 bits per heavy atom. The Balaban J connectivity index is 1.52. The molecule has 0 spiro atoms. The van der Waals surface area contributed by atoms with Gasteiger partial charge in [0.1, 0.15) is 11.5 Å². The zero-order valence-electron chi connectivity index (χ0n) is 15.6. The molecule has 3 rings (SSSR count). The van der Waals surface area contributed by atoms with Gasteiger partial charge >= 0.3 is 0 Å². The number of amides is 1. The second-order valence-electron chi connectivity index (χ2n) is 7.00. The van der Waals surface area contributed by atoms with Crippen LogP contribution in [0.25, 0.3) is 0 Å². The van der Waals surface area contributed by atoms with Gasteiger partial charge in [-0.05, 0) is 36.6 Å². The summed E-state index contributed by atoms with van der Waals surface area (Å²) in [4.78, 5) is 25.5. The lowest BCUT2D eigenvalue weighted by atomic mass is 10.1. The summed E-state index contributed by atoms with van der Waals surface area (Å²) < 4.78 is 0. The number of nitrogens with zero attached hydrogens (tertiary/aromatic N) is 4. The number of carbonyl (C=O) groups is 1. The highest BCUT2D eigenvalue weighted by Gasteiger charge is 2.18. The lowest BCUT2D eigenvalue weighted by molar-refractivity contribution is 0.0947. The molecule has 0 aromatic carbocycles. The average Bonchev–Trinajstić information content (AvgIpc) is 2.68. The predicted molar refractivity (Wildman–Crippen MR) is 105 cm³/mol. The summed E-state index contributed by atoms with van der Waals surface area (Å²) in [5.41, 5.74) is 1.54. The predicted octanol–water partition coefficient (Wildman–Crippen LogP) is 2.58. The van der Waals surface area contributed by atoms with Gasteiger partial charge in [-0.25, -0.2) is 9.97 Å². The molecule has 0 atom stereocenters. The summed E-state index contributed by atoms with van der Waals surface area (Å²) >= 11 is 0. The van der Waals surface area contributed by atoms with Gasteiger partial charge in [-0.15, -0.1) is 0 Å². The molecule has 1 saturated heterocycles. The quantitative estimate of drug-likeness (QED) is 0.865. The second kappa shape index (κ2) is 8.65. The van der Waals surface area contributed by atoms with E-state index in [9.17, 15) is 4.79 Å². The van der Waals surface area contributed by atoms with Gasteiger partial charge in [-0.3, -0.25) is 4.79 Å². The smallest absolute Gasteiger partial charge is 0.269 e. The first-order valence-electron chi connectivity index (χ1n) is 9.28. The van der Waals surface area contributed by atoms with E-state index in [1.165, 1.54) is 0 Å². The summed E-state index contributed by atoms with van der Waals surface area (Å²) in [6, 6.07) is 9.80. The Kier molecular flexibility index (Phi) is 6.04. The van der Waals surface area contributed by atoms with Crippen LogP contribution >= 0.6 is 0 Å². The molecule has 6 heteroatoms. The minimum atomic E-state index is -0.0998. The number of hydrogen-bond acceptors (Lipinski definition) is 5. The highest BCUT2D eigenvalue weighted by Crippen LogP contribution is 2.18. The zero-order valence-corrected chi connectivity index (χ0v) is 15.6. The number of anilines is 2. The molecule has 0 aliphatic carbocycles. The van der Waals surface area contributed by atoms with Gasteiger partial charge in [0.25, 0.3) is 5.91 Å². The first kappa shape index (κ1) is 18.2. The summed E-state index contributed by atoms with van der Waals surface area (Å²) in [5, 5.41) is 2.92. The topological polar surface area (TPSA) is 61.4 Å². The summed E-state index contributed by atoms with van der Waals surface area (Å²) in [6.45, 7) is 8.66. The Hall–Kier alpha value is -2.63. The molecular formula is C20H27N5O. The fourth-order valence-electron chi connectivity index (χ4n) is 3.01. The van der Waals surface area contributed by atoms with Gasteiger partial charge in [0.05, 0.1) is 11.9 Å². The molecule has 0 bridgehead atoms. The lowest BCUT2D eigenvalue weighted by Crippen LogP contribution is -2.46. The van der Waals surface area contributed by atoms with Crippen molar-refractivity contribution in [3.8, 4) is 0 Å². The van der Waals surface area contributed by atoms with Crippen LogP contribution in [0, 0.1) is 5.92 Å². The van der Waals surface area contributed by atoms with Gasteiger partial charge in [0.2, 0.25) is 0 Å². The van der Waals surface area contributed by atoms with Crippen molar-refractivity contribution in [3.05, 3.63) is 48.4 Å². The first-order chi connectivity index (χ1) is 12.6. The molecule has 6 nitrogen and oxygen atoms in total. The van der Waals surface area contributed by atoms with E-state index in [2.05, 4.69) is 38.9 Å². The molecular weight excluding hydrogens is 326 g/mol. The third kappa shape index (κ3) is 4.71. The van der Waals surface area contributed by atoms with Crippen molar-refractivity contribution in [2.45, 2.75) is 20.3 Å². The molecule has 0 saturated carbocycles. The summed E-state index contributed by atoms with van der Waals surface area (Å²) in [5.74, 6) is 1.51. The maximum Gasteiger partial charge on any atom is 0.269 e. The minimum Gasteiger partial charge on any atom is -0.367 e. The number of hydrogen-bond donors (Lipinski definition) is 1. The van der Waals surface area contributed by atoms with Gasteiger partial charge in [0.15, 0.2) is 0 Å². The van der Waals surface area contributed by atoms with Crippen LogP contribution in [-0.2, 0) is 0 Å². The maximum atomic E-state index is 12.1. The highest BCUT2D eigenvalue weighted by atomic mass is 16.1. The van der Waals surface area contributed by atoms with E-state index < -0.39 is 0 Å². The minimum absolute atomic E-state index is 0.0998. The molecule has 3 heterocycles. The SMILES string of the molecule is CC(C)CCNC(=O)c1ccc(N2CCN(c3ccccn3)CC2)cn1. The largest absolute Gasteiger partial charge is 0.367 e. The standard InChI is InChI=1S/C20H27N5O/c1-16(2)8-10-22-20(26)18-7-6-17(15-23-18)24-11-13-25(14-12-24)19-5-3-4-9-21-19/h3-7,9,15-16H,8,10-14H2,1-2H3,(H,22,26). The fraction of sp³-hybridized carbons (Fsp3) is 0.450. The molecule has 1 aliphatic heterocycles. The second-order valence-corrected chi connectivity index (χ2v) is 7.00. The Bertz CT molecular complexity index is 694. The van der Waals surface area contributed by atoms with E-state index in [-0.39, 0.29) is 5.91 Å². The Morgan fingerprint density at radius 1 is 1.08 bits per heavy atom. The van der Waals surface area contributed by atoms with E-state index in [1.54, 1.807) is 6.20 Å². The Labute approximate surface area is 155 Å². The van der Waals surface area contributed by atoms with Crippen LogP contribution in [0.15, 0.2) is 42.7 Å². The van der Waals surface area contributed by atoms with Crippen molar-refractivity contribution in [3.63, 3.8) is 0 Å². The Morgan fingerprint density at radius 2 is 1.85 bits per heavy atom. The van der Waals surface area contributed by atoms with E-state index in [0.717, 1.165) is 44.1 Å². The first-order valence-corrected chi connectivity index (χ1v) is 9.28. The number of pyridine rings is 2. The van der Waals surface area contributed by atoms with Gasteiger partial charge in [0, 0.05) is 38.9 Å². The van der Waals surface area contributed by atoms with Crippen LogP contribution in [0.4, 0.5) is 11.5 Å². The summed E-state index contributed by atoms with van der Waals surface area (Å²) in [6.07, 6.45) is 4.61. The zero-order chi connectivity index (χ0) is 18.4. The third-order valence-corrected chi connectivity index (χ3v) is 4.61. The van der Waals surface area contributed by atoms with E-state index in [4.69, 9.17) is 0 Å².